The van der Waals surface area contributed by atoms with Crippen molar-refractivity contribution in [3.05, 3.63) is 53.7 Å². The molecule has 0 N–H and O–H groups in total. The second kappa shape index (κ2) is 9.18. The Morgan fingerprint density at radius 3 is 2.50 bits per heavy atom. The number of esters is 1. The lowest BCUT2D eigenvalue weighted by Gasteiger charge is -2.33. The van der Waals surface area contributed by atoms with Crippen molar-refractivity contribution in [2.75, 3.05) is 6.61 Å². The van der Waals surface area contributed by atoms with Crippen molar-refractivity contribution in [2.45, 2.75) is 36.5 Å². The van der Waals surface area contributed by atoms with Crippen LogP contribution in [0.3, 0.4) is 0 Å². The number of aromatic nitrogens is 1. The molecule has 5 nitrogen and oxygen atoms in total. The summed E-state index contributed by atoms with van der Waals surface area (Å²) in [6, 6.07) is 11.7. The van der Waals surface area contributed by atoms with Gasteiger partial charge in [0.25, 0.3) is 0 Å². The van der Waals surface area contributed by atoms with E-state index in [1.165, 1.54) is 0 Å². The average molecular weight is 510 g/mol. The third-order valence-electron chi connectivity index (χ3n) is 4.41. The predicted molar refractivity (Wildman–Crippen MR) is 117 cm³/mol. The van der Waals surface area contributed by atoms with E-state index < -0.39 is 5.92 Å². The van der Waals surface area contributed by atoms with Crippen LogP contribution in [-0.2, 0) is 9.53 Å². The molecule has 1 aromatic carbocycles. The van der Waals surface area contributed by atoms with Crippen molar-refractivity contribution in [2.24, 2.45) is 10.9 Å². The zero-order valence-electron chi connectivity index (χ0n) is 15.9. The summed E-state index contributed by atoms with van der Waals surface area (Å²) in [6.07, 6.45) is 1.63. The van der Waals surface area contributed by atoms with Crippen molar-refractivity contribution in [3.8, 4) is 5.88 Å². The minimum Gasteiger partial charge on any atom is -0.475 e. The lowest BCUT2D eigenvalue weighted by Crippen LogP contribution is -2.37. The Kier molecular flexibility index (Phi) is 6.88. The van der Waals surface area contributed by atoms with Crippen LogP contribution in [-0.4, -0.2) is 33.1 Å². The second-order valence-electron chi connectivity index (χ2n) is 6.67. The highest BCUT2D eigenvalue weighted by molar-refractivity contribution is 9.25. The van der Waals surface area contributed by atoms with Crippen molar-refractivity contribution < 1.29 is 14.3 Å². The molecular weight excluding hydrogens is 488 g/mol. The molecule has 7 heteroatoms. The van der Waals surface area contributed by atoms with Crippen LogP contribution in [0.2, 0.25) is 0 Å². The summed E-state index contributed by atoms with van der Waals surface area (Å²) in [7, 11) is 0. The van der Waals surface area contributed by atoms with Gasteiger partial charge in [-0.05, 0) is 32.4 Å². The molecule has 2 unspecified atom stereocenters. The molecule has 0 radical (unpaired) electrons. The van der Waals surface area contributed by atoms with Gasteiger partial charge >= 0.3 is 5.97 Å². The van der Waals surface area contributed by atoms with Crippen molar-refractivity contribution >= 4 is 49.2 Å². The number of hydrogen-bond donors (Lipinski definition) is 0. The summed E-state index contributed by atoms with van der Waals surface area (Å²) in [5, 5.41) is 0. The SMILES string of the molecule is CCOC(=O)C1C(C(Br)Br)=Nc2ccnc(OC(C)C)c2C1c1ccccc1. The molecule has 3 rings (SSSR count). The summed E-state index contributed by atoms with van der Waals surface area (Å²) < 4.78 is 11.2. The van der Waals surface area contributed by atoms with E-state index in [9.17, 15) is 4.79 Å². The highest BCUT2D eigenvalue weighted by Gasteiger charge is 2.44. The normalized spacial score (nSPS) is 18.6. The maximum absolute atomic E-state index is 13.0. The number of fused-ring (bicyclic) bond motifs is 1. The van der Waals surface area contributed by atoms with E-state index >= 15 is 0 Å². The van der Waals surface area contributed by atoms with Crippen LogP contribution in [0.5, 0.6) is 5.88 Å². The van der Waals surface area contributed by atoms with E-state index in [1.54, 1.807) is 13.1 Å². The summed E-state index contributed by atoms with van der Waals surface area (Å²) >= 11 is 7.08. The third kappa shape index (κ3) is 4.30. The van der Waals surface area contributed by atoms with Gasteiger partial charge in [-0.25, -0.2) is 4.98 Å². The molecule has 0 amide bonds. The van der Waals surface area contributed by atoms with E-state index in [1.807, 2.05) is 50.2 Å². The van der Waals surface area contributed by atoms with E-state index in [0.717, 1.165) is 16.8 Å². The fourth-order valence-electron chi connectivity index (χ4n) is 3.39. The molecule has 0 aliphatic carbocycles. The first-order chi connectivity index (χ1) is 13.4. The average Bonchev–Trinajstić information content (AvgIpc) is 2.67. The largest absolute Gasteiger partial charge is 0.475 e. The number of aliphatic imine (C=N–C) groups is 1. The van der Waals surface area contributed by atoms with Crippen molar-refractivity contribution in [1.82, 2.24) is 4.98 Å². The molecule has 1 aromatic heterocycles. The van der Waals surface area contributed by atoms with Gasteiger partial charge < -0.3 is 9.47 Å². The van der Waals surface area contributed by atoms with E-state index in [0.29, 0.717) is 18.2 Å². The Labute approximate surface area is 181 Å². The Hall–Kier alpha value is -1.73. The van der Waals surface area contributed by atoms with Crippen LogP contribution in [0.15, 0.2) is 47.6 Å². The molecule has 28 heavy (non-hydrogen) atoms. The summed E-state index contributed by atoms with van der Waals surface area (Å²) in [5.41, 5.74) is 3.21. The topological polar surface area (TPSA) is 60.8 Å². The molecule has 2 aromatic rings. The summed E-state index contributed by atoms with van der Waals surface area (Å²) in [5.74, 6) is -0.733. The molecule has 2 heterocycles. The Balaban J connectivity index is 2.27. The van der Waals surface area contributed by atoms with Gasteiger partial charge in [0, 0.05) is 17.7 Å². The summed E-state index contributed by atoms with van der Waals surface area (Å²) in [4.78, 5) is 22.3. The third-order valence-corrected chi connectivity index (χ3v) is 5.35. The Bertz CT molecular complexity index is 869. The number of ether oxygens (including phenoxy) is 2. The zero-order chi connectivity index (χ0) is 20.3. The first kappa shape index (κ1) is 21.0. The number of halogens is 2. The molecule has 1 aliphatic rings. The highest BCUT2D eigenvalue weighted by atomic mass is 79.9. The van der Waals surface area contributed by atoms with Crippen LogP contribution in [0, 0.1) is 5.92 Å². The highest BCUT2D eigenvalue weighted by Crippen LogP contribution is 2.48. The molecule has 0 saturated heterocycles. The molecule has 0 fully saturated rings. The quantitative estimate of drug-likeness (QED) is 0.387. The molecule has 0 saturated carbocycles. The van der Waals surface area contributed by atoms with Crippen molar-refractivity contribution in [1.29, 1.82) is 0 Å². The Morgan fingerprint density at radius 2 is 1.89 bits per heavy atom. The maximum Gasteiger partial charge on any atom is 0.315 e. The number of carbonyl (C=O) groups excluding carboxylic acids is 1. The molecular formula is C21H22Br2N2O3. The maximum atomic E-state index is 13.0. The van der Waals surface area contributed by atoms with Gasteiger partial charge in [0.1, 0.15) is 9.65 Å². The molecule has 2 atom stereocenters. The smallest absolute Gasteiger partial charge is 0.315 e. The van der Waals surface area contributed by atoms with Crippen LogP contribution in [0.25, 0.3) is 0 Å². The van der Waals surface area contributed by atoms with Gasteiger partial charge in [0.05, 0.1) is 24.1 Å². The van der Waals surface area contributed by atoms with Gasteiger partial charge in [-0.1, -0.05) is 62.2 Å². The number of pyridine rings is 1. The van der Waals surface area contributed by atoms with Crippen molar-refractivity contribution in [3.63, 3.8) is 0 Å². The van der Waals surface area contributed by atoms with Gasteiger partial charge in [0.15, 0.2) is 0 Å². The fourth-order valence-corrected chi connectivity index (χ4v) is 4.16. The van der Waals surface area contributed by atoms with Gasteiger partial charge in [0.2, 0.25) is 5.88 Å². The number of nitrogens with zero attached hydrogens (tertiary/aromatic N) is 2. The first-order valence-corrected chi connectivity index (χ1v) is 11.0. The molecule has 0 bridgehead atoms. The first-order valence-electron chi connectivity index (χ1n) is 9.17. The van der Waals surface area contributed by atoms with Crippen LogP contribution >= 0.6 is 31.9 Å². The lowest BCUT2D eigenvalue weighted by molar-refractivity contribution is -0.146. The van der Waals surface area contributed by atoms with Gasteiger partial charge in [-0.2, -0.15) is 0 Å². The Morgan fingerprint density at radius 1 is 1.18 bits per heavy atom. The standard InChI is InChI=1S/C21H22Br2N2O3/c1-4-27-21(26)17-15(13-8-6-5-7-9-13)16-14(25-18(17)19(22)23)10-11-24-20(16)28-12(2)3/h5-12,15,17,19H,4H2,1-3H3. The van der Waals surface area contributed by atoms with Crippen LogP contribution < -0.4 is 4.74 Å². The monoisotopic (exact) mass is 508 g/mol. The number of benzene rings is 1. The molecule has 0 spiro atoms. The zero-order valence-corrected chi connectivity index (χ0v) is 19.1. The number of hydrogen-bond acceptors (Lipinski definition) is 5. The molecule has 1 aliphatic heterocycles. The van der Waals surface area contributed by atoms with Crippen LogP contribution in [0.1, 0.15) is 37.8 Å². The molecule has 148 valence electrons. The van der Waals surface area contributed by atoms with Gasteiger partial charge in [-0.15, -0.1) is 0 Å². The van der Waals surface area contributed by atoms with Crippen LogP contribution in [0.4, 0.5) is 5.69 Å². The number of carbonyl (C=O) groups is 1. The number of rotatable bonds is 6. The van der Waals surface area contributed by atoms with E-state index in [4.69, 9.17) is 14.5 Å². The lowest BCUT2D eigenvalue weighted by atomic mass is 9.76. The summed E-state index contributed by atoms with van der Waals surface area (Å²) in [6.45, 7) is 6.00. The fraction of sp³-hybridized carbons (Fsp3) is 0.381. The minimum atomic E-state index is -0.600. The minimum absolute atomic E-state index is 0.0538. The predicted octanol–water partition coefficient (Wildman–Crippen LogP) is 5.38. The van der Waals surface area contributed by atoms with Gasteiger partial charge in [-0.3, -0.25) is 9.79 Å². The van der Waals surface area contributed by atoms with E-state index in [-0.39, 0.29) is 21.7 Å². The number of alkyl halides is 2. The van der Waals surface area contributed by atoms with E-state index in [2.05, 4.69) is 36.8 Å². The second-order valence-corrected chi connectivity index (χ2v) is 9.73.